The largest absolute Gasteiger partial charge is 0.348 e. The number of carbonyl (C=O) groups is 1. The molecule has 2 unspecified atom stereocenters. The van der Waals surface area contributed by atoms with Crippen LogP contribution in [0.1, 0.15) is 30.1 Å². The average Bonchev–Trinajstić information content (AvgIpc) is 2.33. The normalized spacial score (nSPS) is 25.1. The van der Waals surface area contributed by atoms with Crippen molar-refractivity contribution in [2.45, 2.75) is 31.8 Å². The second kappa shape index (κ2) is 5.03. The van der Waals surface area contributed by atoms with Crippen LogP contribution >= 0.6 is 0 Å². The SMILES string of the molecule is CC1NCCCC1NC(=O)c1cncnc1. The molecule has 5 nitrogen and oxygen atoms in total. The molecule has 2 heterocycles. The highest BCUT2D eigenvalue weighted by Gasteiger charge is 2.22. The summed E-state index contributed by atoms with van der Waals surface area (Å²) in [5.74, 6) is -0.0962. The number of carbonyl (C=O) groups excluding carboxylic acids is 1. The van der Waals surface area contributed by atoms with Gasteiger partial charge in [-0.05, 0) is 26.3 Å². The first-order valence-corrected chi connectivity index (χ1v) is 5.56. The van der Waals surface area contributed by atoms with Crippen molar-refractivity contribution in [2.75, 3.05) is 6.54 Å². The minimum atomic E-state index is -0.0962. The van der Waals surface area contributed by atoms with Crippen molar-refractivity contribution in [3.8, 4) is 0 Å². The van der Waals surface area contributed by atoms with Gasteiger partial charge in [-0.1, -0.05) is 0 Å². The Morgan fingerprint density at radius 3 is 2.94 bits per heavy atom. The number of hydrogen-bond donors (Lipinski definition) is 2. The van der Waals surface area contributed by atoms with E-state index in [1.54, 1.807) is 0 Å². The highest BCUT2D eigenvalue weighted by molar-refractivity contribution is 5.93. The number of rotatable bonds is 2. The molecule has 1 aliphatic heterocycles. The van der Waals surface area contributed by atoms with Crippen LogP contribution in [-0.2, 0) is 0 Å². The molecule has 0 saturated carbocycles. The monoisotopic (exact) mass is 220 g/mol. The third kappa shape index (κ3) is 2.55. The Hall–Kier alpha value is -1.49. The van der Waals surface area contributed by atoms with E-state index in [2.05, 4.69) is 27.5 Å². The minimum Gasteiger partial charge on any atom is -0.348 e. The molecule has 1 fully saturated rings. The van der Waals surface area contributed by atoms with E-state index < -0.39 is 0 Å². The van der Waals surface area contributed by atoms with Crippen LogP contribution in [0.3, 0.4) is 0 Å². The molecule has 0 aliphatic carbocycles. The van der Waals surface area contributed by atoms with Gasteiger partial charge < -0.3 is 10.6 Å². The Balaban J connectivity index is 1.96. The third-order valence-corrected chi connectivity index (χ3v) is 2.90. The van der Waals surface area contributed by atoms with Gasteiger partial charge in [-0.3, -0.25) is 4.79 Å². The quantitative estimate of drug-likeness (QED) is 0.754. The van der Waals surface area contributed by atoms with E-state index in [1.807, 2.05) is 0 Å². The van der Waals surface area contributed by atoms with E-state index in [4.69, 9.17) is 0 Å². The van der Waals surface area contributed by atoms with Crippen molar-refractivity contribution >= 4 is 5.91 Å². The molecule has 1 saturated heterocycles. The van der Waals surface area contributed by atoms with Gasteiger partial charge in [0.05, 0.1) is 5.56 Å². The fraction of sp³-hybridized carbons (Fsp3) is 0.545. The van der Waals surface area contributed by atoms with E-state index >= 15 is 0 Å². The molecule has 86 valence electrons. The van der Waals surface area contributed by atoms with Crippen molar-refractivity contribution in [2.24, 2.45) is 0 Å². The number of amides is 1. The predicted molar refractivity (Wildman–Crippen MR) is 60.0 cm³/mol. The summed E-state index contributed by atoms with van der Waals surface area (Å²) >= 11 is 0. The van der Waals surface area contributed by atoms with E-state index in [0.29, 0.717) is 11.6 Å². The molecule has 0 spiro atoms. The maximum Gasteiger partial charge on any atom is 0.254 e. The second-order valence-electron chi connectivity index (χ2n) is 4.09. The number of nitrogens with zero attached hydrogens (tertiary/aromatic N) is 2. The fourth-order valence-electron chi connectivity index (χ4n) is 1.91. The van der Waals surface area contributed by atoms with Crippen LogP contribution in [-0.4, -0.2) is 34.5 Å². The van der Waals surface area contributed by atoms with Crippen LogP contribution in [0.2, 0.25) is 0 Å². The van der Waals surface area contributed by atoms with Gasteiger partial charge in [-0.25, -0.2) is 9.97 Å². The molecule has 5 heteroatoms. The number of hydrogen-bond acceptors (Lipinski definition) is 4. The first kappa shape index (κ1) is 11.0. The van der Waals surface area contributed by atoms with Crippen LogP contribution in [0.25, 0.3) is 0 Å². The van der Waals surface area contributed by atoms with Gasteiger partial charge in [-0.15, -0.1) is 0 Å². The Morgan fingerprint density at radius 2 is 2.25 bits per heavy atom. The molecule has 2 N–H and O–H groups in total. The first-order chi connectivity index (χ1) is 7.77. The van der Waals surface area contributed by atoms with E-state index in [9.17, 15) is 4.79 Å². The molecule has 2 atom stereocenters. The highest BCUT2D eigenvalue weighted by Crippen LogP contribution is 2.08. The van der Waals surface area contributed by atoms with Gasteiger partial charge in [0.1, 0.15) is 6.33 Å². The topological polar surface area (TPSA) is 66.9 Å². The maximum absolute atomic E-state index is 11.8. The van der Waals surface area contributed by atoms with Crippen molar-refractivity contribution in [3.63, 3.8) is 0 Å². The highest BCUT2D eigenvalue weighted by atomic mass is 16.1. The Morgan fingerprint density at radius 1 is 1.50 bits per heavy atom. The van der Waals surface area contributed by atoms with Gasteiger partial charge in [0.15, 0.2) is 0 Å². The molecule has 0 bridgehead atoms. The first-order valence-electron chi connectivity index (χ1n) is 5.56. The van der Waals surface area contributed by atoms with E-state index in [-0.39, 0.29) is 11.9 Å². The maximum atomic E-state index is 11.8. The zero-order valence-corrected chi connectivity index (χ0v) is 9.31. The smallest absolute Gasteiger partial charge is 0.254 e. The Labute approximate surface area is 94.7 Å². The van der Waals surface area contributed by atoms with Gasteiger partial charge in [0, 0.05) is 24.5 Å². The fourth-order valence-corrected chi connectivity index (χ4v) is 1.91. The summed E-state index contributed by atoms with van der Waals surface area (Å²) in [4.78, 5) is 19.5. The van der Waals surface area contributed by atoms with E-state index in [0.717, 1.165) is 19.4 Å². The molecule has 2 rings (SSSR count). The van der Waals surface area contributed by atoms with Crippen LogP contribution in [0.15, 0.2) is 18.7 Å². The minimum absolute atomic E-state index is 0.0962. The lowest BCUT2D eigenvalue weighted by Gasteiger charge is -2.30. The van der Waals surface area contributed by atoms with Gasteiger partial charge in [0.25, 0.3) is 5.91 Å². The lowest BCUT2D eigenvalue weighted by Crippen LogP contribution is -2.51. The summed E-state index contributed by atoms with van der Waals surface area (Å²) in [6, 6.07) is 0.517. The molecule has 0 radical (unpaired) electrons. The summed E-state index contributed by atoms with van der Waals surface area (Å²) in [6.45, 7) is 3.12. The van der Waals surface area contributed by atoms with Gasteiger partial charge >= 0.3 is 0 Å². The van der Waals surface area contributed by atoms with E-state index in [1.165, 1.54) is 18.7 Å². The molecular weight excluding hydrogens is 204 g/mol. The summed E-state index contributed by atoms with van der Waals surface area (Å²) in [7, 11) is 0. The molecular formula is C11H16N4O. The van der Waals surface area contributed by atoms with Crippen LogP contribution in [0.5, 0.6) is 0 Å². The summed E-state index contributed by atoms with van der Waals surface area (Å²) < 4.78 is 0. The molecule has 1 aromatic rings. The molecule has 0 aromatic carbocycles. The molecule has 1 aliphatic rings. The molecule has 1 amide bonds. The zero-order valence-electron chi connectivity index (χ0n) is 9.31. The standard InChI is InChI=1S/C11H16N4O/c1-8-10(3-2-4-14-8)15-11(16)9-5-12-7-13-6-9/h5-8,10,14H,2-4H2,1H3,(H,15,16). The third-order valence-electron chi connectivity index (χ3n) is 2.90. The Bertz CT molecular complexity index is 354. The van der Waals surface area contributed by atoms with Crippen molar-refractivity contribution in [3.05, 3.63) is 24.3 Å². The second-order valence-corrected chi connectivity index (χ2v) is 4.09. The predicted octanol–water partition coefficient (Wildman–Crippen LogP) is 0.347. The molecule has 16 heavy (non-hydrogen) atoms. The van der Waals surface area contributed by atoms with Gasteiger partial charge in [0.2, 0.25) is 0 Å². The van der Waals surface area contributed by atoms with Crippen molar-refractivity contribution < 1.29 is 4.79 Å². The average molecular weight is 220 g/mol. The van der Waals surface area contributed by atoms with Crippen molar-refractivity contribution in [1.82, 2.24) is 20.6 Å². The lowest BCUT2D eigenvalue weighted by atomic mass is 9.99. The number of aromatic nitrogens is 2. The number of nitrogens with one attached hydrogen (secondary N) is 2. The summed E-state index contributed by atoms with van der Waals surface area (Å²) in [5, 5.41) is 6.35. The van der Waals surface area contributed by atoms with Crippen molar-refractivity contribution in [1.29, 1.82) is 0 Å². The van der Waals surface area contributed by atoms with Crippen LogP contribution in [0, 0.1) is 0 Å². The van der Waals surface area contributed by atoms with Crippen LogP contribution < -0.4 is 10.6 Å². The number of piperidine rings is 1. The lowest BCUT2D eigenvalue weighted by molar-refractivity contribution is 0.0919. The zero-order chi connectivity index (χ0) is 11.4. The summed E-state index contributed by atoms with van der Waals surface area (Å²) in [6.07, 6.45) is 6.60. The van der Waals surface area contributed by atoms with Gasteiger partial charge in [-0.2, -0.15) is 0 Å². The summed E-state index contributed by atoms with van der Waals surface area (Å²) in [5.41, 5.74) is 0.514. The Kier molecular flexibility index (Phi) is 3.46. The molecule has 1 aromatic heterocycles. The van der Waals surface area contributed by atoms with Crippen LogP contribution in [0.4, 0.5) is 0 Å².